The van der Waals surface area contributed by atoms with Gasteiger partial charge in [-0.25, -0.2) is 0 Å². The normalized spacial score (nSPS) is 11.9. The Balaban J connectivity index is 2.09. The molecule has 0 bridgehead atoms. The van der Waals surface area contributed by atoms with Crippen molar-refractivity contribution in [2.24, 2.45) is 0 Å². The lowest BCUT2D eigenvalue weighted by molar-refractivity contribution is -0.117. The number of carbonyl (C=O) groups is 1. The van der Waals surface area contributed by atoms with Crippen LogP contribution in [-0.4, -0.2) is 5.91 Å². The van der Waals surface area contributed by atoms with E-state index in [0.29, 0.717) is 5.88 Å². The number of rotatable bonds is 5. The molecule has 0 aromatic heterocycles. The molecular formula is C17H18ClNO. The summed E-state index contributed by atoms with van der Waals surface area (Å²) in [5.41, 5.74) is 2.89. The van der Waals surface area contributed by atoms with Gasteiger partial charge in [-0.2, -0.15) is 0 Å². The van der Waals surface area contributed by atoms with E-state index in [1.165, 1.54) is 0 Å². The second-order valence-electron chi connectivity index (χ2n) is 4.69. The lowest BCUT2D eigenvalue weighted by Gasteiger charge is -2.15. The van der Waals surface area contributed by atoms with Crippen LogP contribution >= 0.6 is 11.6 Å². The SMILES string of the molecule is CCC(C(=O)Nc1ccc(CCl)cc1)c1ccccc1. The van der Waals surface area contributed by atoms with E-state index < -0.39 is 0 Å². The van der Waals surface area contributed by atoms with Gasteiger partial charge in [-0.3, -0.25) is 4.79 Å². The van der Waals surface area contributed by atoms with Crippen LogP contribution < -0.4 is 5.32 Å². The molecule has 0 radical (unpaired) electrons. The minimum Gasteiger partial charge on any atom is -0.326 e. The summed E-state index contributed by atoms with van der Waals surface area (Å²) < 4.78 is 0. The van der Waals surface area contributed by atoms with Gasteiger partial charge in [-0.05, 0) is 29.7 Å². The number of alkyl halides is 1. The molecule has 0 saturated heterocycles. The molecule has 20 heavy (non-hydrogen) atoms. The van der Waals surface area contributed by atoms with Gasteiger partial charge in [-0.1, -0.05) is 49.4 Å². The highest BCUT2D eigenvalue weighted by molar-refractivity contribution is 6.17. The highest BCUT2D eigenvalue weighted by Gasteiger charge is 2.18. The fourth-order valence-corrected chi connectivity index (χ4v) is 2.34. The second kappa shape index (κ2) is 7.11. The molecule has 2 nitrogen and oxygen atoms in total. The number of carbonyl (C=O) groups excluding carboxylic acids is 1. The van der Waals surface area contributed by atoms with E-state index in [1.54, 1.807) is 0 Å². The Morgan fingerprint density at radius 3 is 2.30 bits per heavy atom. The zero-order chi connectivity index (χ0) is 14.4. The first-order valence-corrected chi connectivity index (χ1v) is 7.28. The molecule has 1 unspecified atom stereocenters. The molecule has 0 aliphatic rings. The smallest absolute Gasteiger partial charge is 0.231 e. The van der Waals surface area contributed by atoms with E-state index in [-0.39, 0.29) is 11.8 Å². The molecule has 0 aliphatic carbocycles. The average Bonchev–Trinajstić information content (AvgIpc) is 2.50. The number of hydrogen-bond acceptors (Lipinski definition) is 1. The standard InChI is InChI=1S/C17H18ClNO/c1-2-16(14-6-4-3-5-7-14)17(20)19-15-10-8-13(12-18)9-11-15/h3-11,16H,2,12H2,1H3,(H,19,20). The molecule has 0 aliphatic heterocycles. The highest BCUT2D eigenvalue weighted by Crippen LogP contribution is 2.21. The maximum absolute atomic E-state index is 12.4. The zero-order valence-corrected chi connectivity index (χ0v) is 12.2. The number of halogens is 1. The molecule has 0 spiro atoms. The molecule has 2 aromatic carbocycles. The molecule has 0 heterocycles. The Morgan fingerprint density at radius 1 is 1.10 bits per heavy atom. The van der Waals surface area contributed by atoms with Gasteiger partial charge in [0.25, 0.3) is 0 Å². The molecule has 104 valence electrons. The second-order valence-corrected chi connectivity index (χ2v) is 4.96. The zero-order valence-electron chi connectivity index (χ0n) is 11.5. The summed E-state index contributed by atoms with van der Waals surface area (Å²) in [5, 5.41) is 2.96. The van der Waals surface area contributed by atoms with Crippen molar-refractivity contribution in [3.05, 3.63) is 65.7 Å². The lowest BCUT2D eigenvalue weighted by atomic mass is 9.95. The Hall–Kier alpha value is -1.80. The topological polar surface area (TPSA) is 29.1 Å². The summed E-state index contributed by atoms with van der Waals surface area (Å²) in [6.45, 7) is 2.02. The number of benzene rings is 2. The van der Waals surface area contributed by atoms with E-state index in [0.717, 1.165) is 23.2 Å². The van der Waals surface area contributed by atoms with Crippen LogP contribution in [0.5, 0.6) is 0 Å². The predicted octanol–water partition coefficient (Wildman–Crippen LogP) is 4.56. The minimum absolute atomic E-state index is 0.0253. The Kier molecular flexibility index (Phi) is 5.19. The van der Waals surface area contributed by atoms with Crippen molar-refractivity contribution in [3.63, 3.8) is 0 Å². The van der Waals surface area contributed by atoms with Gasteiger partial charge in [-0.15, -0.1) is 11.6 Å². The monoisotopic (exact) mass is 287 g/mol. The Labute approximate surface area is 124 Å². The summed E-state index contributed by atoms with van der Waals surface area (Å²) in [6.07, 6.45) is 0.773. The molecule has 0 saturated carbocycles. The number of anilines is 1. The highest BCUT2D eigenvalue weighted by atomic mass is 35.5. The predicted molar refractivity (Wildman–Crippen MR) is 84.1 cm³/mol. The van der Waals surface area contributed by atoms with Crippen LogP contribution in [0.1, 0.15) is 30.4 Å². The van der Waals surface area contributed by atoms with Crippen LogP contribution in [-0.2, 0) is 10.7 Å². The minimum atomic E-state index is -0.121. The van der Waals surface area contributed by atoms with Gasteiger partial charge in [0.1, 0.15) is 0 Å². The van der Waals surface area contributed by atoms with E-state index in [1.807, 2.05) is 61.5 Å². The van der Waals surface area contributed by atoms with Crippen molar-refractivity contribution in [2.45, 2.75) is 25.1 Å². The Morgan fingerprint density at radius 2 is 1.75 bits per heavy atom. The van der Waals surface area contributed by atoms with Crippen molar-refractivity contribution in [3.8, 4) is 0 Å². The van der Waals surface area contributed by atoms with Crippen LogP contribution in [0.3, 0.4) is 0 Å². The molecule has 2 rings (SSSR count). The first-order valence-electron chi connectivity index (χ1n) is 6.75. The van der Waals surface area contributed by atoms with Crippen molar-refractivity contribution < 1.29 is 4.79 Å². The average molecular weight is 288 g/mol. The van der Waals surface area contributed by atoms with Gasteiger partial charge in [0.05, 0.1) is 5.92 Å². The van der Waals surface area contributed by atoms with E-state index in [2.05, 4.69) is 5.32 Å². The van der Waals surface area contributed by atoms with Gasteiger partial charge in [0, 0.05) is 11.6 Å². The van der Waals surface area contributed by atoms with Crippen LogP contribution in [0.2, 0.25) is 0 Å². The van der Waals surface area contributed by atoms with Crippen LogP contribution in [0.4, 0.5) is 5.69 Å². The summed E-state index contributed by atoms with van der Waals surface area (Å²) >= 11 is 5.75. The third kappa shape index (κ3) is 3.61. The largest absolute Gasteiger partial charge is 0.326 e. The van der Waals surface area contributed by atoms with Crippen LogP contribution in [0.25, 0.3) is 0 Å². The molecular weight excluding hydrogens is 270 g/mol. The van der Waals surface area contributed by atoms with Crippen molar-refractivity contribution in [1.29, 1.82) is 0 Å². The van der Waals surface area contributed by atoms with E-state index >= 15 is 0 Å². The van der Waals surface area contributed by atoms with Crippen molar-refractivity contribution >= 4 is 23.2 Å². The van der Waals surface area contributed by atoms with Crippen molar-refractivity contribution in [1.82, 2.24) is 0 Å². The molecule has 1 atom stereocenters. The van der Waals surface area contributed by atoms with E-state index in [9.17, 15) is 4.79 Å². The third-order valence-corrected chi connectivity index (χ3v) is 3.61. The molecule has 2 aromatic rings. The van der Waals surface area contributed by atoms with Crippen molar-refractivity contribution in [2.75, 3.05) is 5.32 Å². The van der Waals surface area contributed by atoms with Gasteiger partial charge in [0.2, 0.25) is 5.91 Å². The van der Waals surface area contributed by atoms with Gasteiger partial charge in [0.15, 0.2) is 0 Å². The number of hydrogen-bond donors (Lipinski definition) is 1. The molecule has 3 heteroatoms. The first kappa shape index (κ1) is 14.6. The summed E-state index contributed by atoms with van der Waals surface area (Å²) in [6, 6.07) is 17.5. The number of nitrogens with one attached hydrogen (secondary N) is 1. The summed E-state index contributed by atoms with van der Waals surface area (Å²) in [5.74, 6) is 0.386. The maximum atomic E-state index is 12.4. The summed E-state index contributed by atoms with van der Waals surface area (Å²) in [7, 11) is 0. The van der Waals surface area contributed by atoms with E-state index in [4.69, 9.17) is 11.6 Å². The summed E-state index contributed by atoms with van der Waals surface area (Å²) in [4.78, 5) is 12.4. The first-order chi connectivity index (χ1) is 9.74. The molecule has 1 amide bonds. The fraction of sp³-hybridized carbons (Fsp3) is 0.235. The quantitative estimate of drug-likeness (QED) is 0.803. The molecule has 0 fully saturated rings. The number of amides is 1. The lowest BCUT2D eigenvalue weighted by Crippen LogP contribution is -2.20. The van der Waals surface area contributed by atoms with Gasteiger partial charge >= 0.3 is 0 Å². The fourth-order valence-electron chi connectivity index (χ4n) is 2.16. The molecule has 1 N–H and O–H groups in total. The van der Waals surface area contributed by atoms with Crippen LogP contribution in [0, 0.1) is 0 Å². The Bertz CT molecular complexity index is 551. The maximum Gasteiger partial charge on any atom is 0.231 e. The van der Waals surface area contributed by atoms with Gasteiger partial charge < -0.3 is 5.32 Å². The third-order valence-electron chi connectivity index (χ3n) is 3.30. The van der Waals surface area contributed by atoms with Crippen LogP contribution in [0.15, 0.2) is 54.6 Å².